The molecule has 0 aliphatic carbocycles. The zero-order valence-electron chi connectivity index (χ0n) is 8.88. The maximum absolute atomic E-state index is 13.7. The Hall–Kier alpha value is -0.710. The van der Waals surface area contributed by atoms with Crippen molar-refractivity contribution in [3.8, 4) is 0 Å². The SMILES string of the molecule is O=C(c1cccc(Br)c1)c1cc(Cl)c(Br)cc1F. The molecule has 2 aromatic carbocycles. The average Bonchev–Trinajstić information content (AvgIpc) is 2.33. The summed E-state index contributed by atoms with van der Waals surface area (Å²) in [5.74, 6) is -1.00. The third kappa shape index (κ3) is 2.82. The van der Waals surface area contributed by atoms with Crippen LogP contribution >= 0.6 is 43.5 Å². The topological polar surface area (TPSA) is 17.1 Å². The molecule has 0 aliphatic heterocycles. The van der Waals surface area contributed by atoms with E-state index in [1.807, 2.05) is 0 Å². The molecular formula is C13H6Br2ClFO. The third-order valence-electron chi connectivity index (χ3n) is 2.34. The summed E-state index contributed by atoms with van der Waals surface area (Å²) in [6.07, 6.45) is 0. The largest absolute Gasteiger partial charge is 0.288 e. The van der Waals surface area contributed by atoms with Crippen molar-refractivity contribution in [1.82, 2.24) is 0 Å². The first kappa shape index (κ1) is 13.7. The molecule has 0 heterocycles. The minimum atomic E-state index is -0.601. The van der Waals surface area contributed by atoms with Gasteiger partial charge in [-0.25, -0.2) is 4.39 Å². The van der Waals surface area contributed by atoms with Gasteiger partial charge in [0.15, 0.2) is 5.78 Å². The Kier molecular flexibility index (Phi) is 4.20. The van der Waals surface area contributed by atoms with E-state index in [0.717, 1.165) is 4.47 Å². The summed E-state index contributed by atoms with van der Waals surface area (Å²) >= 11 is 12.2. The van der Waals surface area contributed by atoms with Gasteiger partial charge in [0.1, 0.15) is 5.82 Å². The van der Waals surface area contributed by atoms with Gasteiger partial charge in [-0.05, 0) is 40.2 Å². The molecular weight excluding hydrogens is 386 g/mol. The second-order valence-electron chi connectivity index (χ2n) is 3.59. The first-order valence-electron chi connectivity index (χ1n) is 4.94. The van der Waals surface area contributed by atoms with Crippen LogP contribution in [0.1, 0.15) is 15.9 Å². The van der Waals surface area contributed by atoms with Crippen molar-refractivity contribution >= 4 is 49.2 Å². The summed E-state index contributed by atoms with van der Waals surface area (Å²) in [6.45, 7) is 0. The molecule has 0 saturated heterocycles. The smallest absolute Gasteiger partial charge is 0.196 e. The van der Waals surface area contributed by atoms with Crippen molar-refractivity contribution in [3.05, 3.63) is 67.3 Å². The van der Waals surface area contributed by atoms with Crippen LogP contribution in [0.2, 0.25) is 5.02 Å². The molecule has 0 bridgehead atoms. The molecule has 0 atom stereocenters. The van der Waals surface area contributed by atoms with Crippen molar-refractivity contribution in [1.29, 1.82) is 0 Å². The van der Waals surface area contributed by atoms with E-state index in [-0.39, 0.29) is 5.56 Å². The van der Waals surface area contributed by atoms with Crippen molar-refractivity contribution in [2.45, 2.75) is 0 Å². The number of rotatable bonds is 2. The lowest BCUT2D eigenvalue weighted by atomic mass is 10.0. The second-order valence-corrected chi connectivity index (χ2v) is 5.76. The quantitative estimate of drug-likeness (QED) is 0.505. The lowest BCUT2D eigenvalue weighted by Crippen LogP contribution is -2.04. The van der Waals surface area contributed by atoms with Crippen LogP contribution in [0.15, 0.2) is 45.3 Å². The molecule has 18 heavy (non-hydrogen) atoms. The highest BCUT2D eigenvalue weighted by atomic mass is 79.9. The van der Waals surface area contributed by atoms with Gasteiger partial charge in [0.2, 0.25) is 0 Å². The van der Waals surface area contributed by atoms with E-state index in [9.17, 15) is 9.18 Å². The van der Waals surface area contributed by atoms with Gasteiger partial charge in [-0.3, -0.25) is 4.79 Å². The van der Waals surface area contributed by atoms with Gasteiger partial charge >= 0.3 is 0 Å². The van der Waals surface area contributed by atoms with Crippen LogP contribution in [0.3, 0.4) is 0 Å². The Morgan fingerprint density at radius 1 is 1.17 bits per heavy atom. The lowest BCUT2D eigenvalue weighted by Gasteiger charge is -2.05. The van der Waals surface area contributed by atoms with Crippen LogP contribution in [-0.4, -0.2) is 5.78 Å². The number of ketones is 1. The molecule has 0 unspecified atom stereocenters. The fraction of sp³-hybridized carbons (Fsp3) is 0. The monoisotopic (exact) mass is 390 g/mol. The van der Waals surface area contributed by atoms with Crippen molar-refractivity contribution in [3.63, 3.8) is 0 Å². The third-order valence-corrected chi connectivity index (χ3v) is 4.03. The zero-order chi connectivity index (χ0) is 13.3. The molecule has 0 spiro atoms. The van der Waals surface area contributed by atoms with Crippen LogP contribution in [0, 0.1) is 5.82 Å². The van der Waals surface area contributed by atoms with Crippen molar-refractivity contribution in [2.75, 3.05) is 0 Å². The van der Waals surface area contributed by atoms with Gasteiger partial charge in [0.25, 0.3) is 0 Å². The molecule has 0 amide bonds. The minimum Gasteiger partial charge on any atom is -0.288 e. The Labute approximate surface area is 125 Å². The molecule has 0 N–H and O–H groups in total. The molecule has 2 aromatic rings. The Balaban J connectivity index is 2.49. The van der Waals surface area contributed by atoms with Gasteiger partial charge in [-0.15, -0.1) is 0 Å². The molecule has 0 aromatic heterocycles. The second kappa shape index (κ2) is 5.51. The van der Waals surface area contributed by atoms with Crippen molar-refractivity contribution in [2.24, 2.45) is 0 Å². The van der Waals surface area contributed by atoms with Crippen LogP contribution < -0.4 is 0 Å². The van der Waals surface area contributed by atoms with E-state index in [2.05, 4.69) is 31.9 Å². The molecule has 0 fully saturated rings. The summed E-state index contributed by atoms with van der Waals surface area (Å²) in [4.78, 5) is 12.1. The van der Waals surface area contributed by atoms with E-state index in [1.54, 1.807) is 24.3 Å². The number of hydrogen-bond donors (Lipinski definition) is 0. The van der Waals surface area contributed by atoms with Gasteiger partial charge in [-0.1, -0.05) is 39.7 Å². The van der Waals surface area contributed by atoms with E-state index in [0.29, 0.717) is 15.1 Å². The summed E-state index contributed by atoms with van der Waals surface area (Å²) in [7, 11) is 0. The number of carbonyl (C=O) groups excluding carboxylic acids is 1. The molecule has 0 saturated carbocycles. The Morgan fingerprint density at radius 2 is 1.89 bits per heavy atom. The van der Waals surface area contributed by atoms with E-state index >= 15 is 0 Å². The molecule has 5 heteroatoms. The van der Waals surface area contributed by atoms with Crippen LogP contribution in [0.5, 0.6) is 0 Å². The van der Waals surface area contributed by atoms with Gasteiger partial charge in [0.05, 0.1) is 10.6 Å². The first-order chi connectivity index (χ1) is 8.49. The molecule has 2 rings (SSSR count). The lowest BCUT2D eigenvalue weighted by molar-refractivity contribution is 0.103. The van der Waals surface area contributed by atoms with E-state index < -0.39 is 11.6 Å². The van der Waals surface area contributed by atoms with Crippen LogP contribution in [-0.2, 0) is 0 Å². The number of hydrogen-bond acceptors (Lipinski definition) is 1. The maximum atomic E-state index is 13.7. The fourth-order valence-electron chi connectivity index (χ4n) is 1.48. The highest BCUT2D eigenvalue weighted by Gasteiger charge is 2.16. The van der Waals surface area contributed by atoms with Crippen LogP contribution in [0.4, 0.5) is 4.39 Å². The van der Waals surface area contributed by atoms with Crippen molar-refractivity contribution < 1.29 is 9.18 Å². The van der Waals surface area contributed by atoms with Crippen LogP contribution in [0.25, 0.3) is 0 Å². The minimum absolute atomic E-state index is 0.0405. The zero-order valence-corrected chi connectivity index (χ0v) is 12.8. The summed E-state index contributed by atoms with van der Waals surface area (Å²) < 4.78 is 14.9. The fourth-order valence-corrected chi connectivity index (χ4v) is 2.36. The Bertz CT molecular complexity index is 628. The van der Waals surface area contributed by atoms with E-state index in [1.165, 1.54) is 12.1 Å². The predicted octanol–water partition coefficient (Wildman–Crippen LogP) is 5.24. The predicted molar refractivity (Wildman–Crippen MR) is 76.7 cm³/mol. The summed E-state index contributed by atoms with van der Waals surface area (Å²) in [5, 5.41) is 0.301. The number of carbonyl (C=O) groups is 1. The molecule has 92 valence electrons. The maximum Gasteiger partial charge on any atom is 0.196 e. The Morgan fingerprint density at radius 3 is 2.56 bits per heavy atom. The molecule has 0 aliphatic rings. The molecule has 1 nitrogen and oxygen atoms in total. The number of halogens is 4. The van der Waals surface area contributed by atoms with E-state index in [4.69, 9.17) is 11.6 Å². The van der Waals surface area contributed by atoms with Gasteiger partial charge < -0.3 is 0 Å². The summed E-state index contributed by atoms with van der Waals surface area (Å²) in [5.41, 5.74) is 0.364. The standard InChI is InChI=1S/C13H6Br2ClFO/c14-8-3-1-2-7(4-8)13(18)9-5-11(16)10(15)6-12(9)17/h1-6H. The molecule has 0 radical (unpaired) electrons. The summed E-state index contributed by atoms with van der Waals surface area (Å²) in [6, 6.07) is 9.29. The highest BCUT2D eigenvalue weighted by molar-refractivity contribution is 9.10. The van der Waals surface area contributed by atoms with Gasteiger partial charge in [-0.2, -0.15) is 0 Å². The van der Waals surface area contributed by atoms with Gasteiger partial charge in [0, 0.05) is 14.5 Å². The first-order valence-corrected chi connectivity index (χ1v) is 6.90. The average molecular weight is 392 g/mol. The number of benzene rings is 2. The highest BCUT2D eigenvalue weighted by Crippen LogP contribution is 2.27. The normalized spacial score (nSPS) is 10.4.